The molecule has 3 nitrogen and oxygen atoms in total. The van der Waals surface area contributed by atoms with Crippen LogP contribution < -0.4 is 0 Å². The molecule has 21 heavy (non-hydrogen) atoms. The summed E-state index contributed by atoms with van der Waals surface area (Å²) in [7, 11) is 0. The lowest BCUT2D eigenvalue weighted by atomic mass is 9.88. The van der Waals surface area contributed by atoms with Gasteiger partial charge in [0.15, 0.2) is 0 Å². The number of alkyl halides is 3. The van der Waals surface area contributed by atoms with Gasteiger partial charge >= 0.3 is 12.1 Å². The van der Waals surface area contributed by atoms with Gasteiger partial charge in [0.1, 0.15) is 5.60 Å². The molecule has 0 aliphatic heterocycles. The van der Waals surface area contributed by atoms with Crippen LogP contribution in [0, 0.1) is 0 Å². The number of esters is 1. The Labute approximate surface area is 133 Å². The number of rotatable bonds is 4. The normalized spacial score (nSPS) is 15.5. The Morgan fingerprint density at radius 2 is 1.76 bits per heavy atom. The van der Waals surface area contributed by atoms with E-state index in [0.29, 0.717) is 0 Å². The lowest BCUT2D eigenvalue weighted by molar-refractivity contribution is -0.141. The number of halogens is 4. The van der Waals surface area contributed by atoms with E-state index in [9.17, 15) is 23.1 Å². The number of hydrogen-bond acceptors (Lipinski definition) is 3. The van der Waals surface area contributed by atoms with Gasteiger partial charge in [0, 0.05) is 0 Å². The third-order valence-corrected chi connectivity index (χ3v) is 3.53. The fourth-order valence-corrected chi connectivity index (χ4v) is 2.56. The molecule has 0 bridgehead atoms. The van der Waals surface area contributed by atoms with Crippen molar-refractivity contribution in [3.8, 4) is 0 Å². The molecule has 0 aromatic heterocycles. The Hall–Kier alpha value is -1.09. The lowest BCUT2D eigenvalue weighted by Gasteiger charge is -2.25. The molecule has 0 radical (unpaired) electrons. The molecule has 0 fully saturated rings. The Morgan fingerprint density at radius 1 is 1.29 bits per heavy atom. The fourth-order valence-electron chi connectivity index (χ4n) is 1.70. The van der Waals surface area contributed by atoms with Crippen molar-refractivity contribution in [2.24, 2.45) is 0 Å². The first-order valence-electron chi connectivity index (χ1n) is 6.02. The molecule has 0 aliphatic rings. The lowest BCUT2D eigenvalue weighted by Crippen LogP contribution is -2.30. The van der Waals surface area contributed by atoms with Crippen LogP contribution in [0.4, 0.5) is 13.2 Å². The zero-order valence-electron chi connectivity index (χ0n) is 11.4. The number of aliphatic hydroxyl groups is 1. The van der Waals surface area contributed by atoms with Crippen molar-refractivity contribution < 1.29 is 27.8 Å². The first-order chi connectivity index (χ1) is 9.64. The summed E-state index contributed by atoms with van der Waals surface area (Å²) in [5, 5.41) is 10.5. The second kappa shape index (κ2) is 6.78. The van der Waals surface area contributed by atoms with Crippen LogP contribution in [-0.4, -0.2) is 17.7 Å². The van der Waals surface area contributed by atoms with Crippen LogP contribution in [0.25, 0.3) is 0 Å². The molecular weight excluding hydrogens is 400 g/mol. The van der Waals surface area contributed by atoms with Gasteiger partial charge in [0.25, 0.3) is 0 Å². The molecule has 1 N–H and O–H groups in total. The van der Waals surface area contributed by atoms with Crippen molar-refractivity contribution >= 4 is 28.6 Å². The van der Waals surface area contributed by atoms with Crippen molar-refractivity contribution in [1.29, 1.82) is 0 Å². The molecule has 0 aliphatic carbocycles. The number of benzene rings is 1. The minimum Gasteiger partial charge on any atom is -0.463 e. The van der Waals surface area contributed by atoms with E-state index in [1.165, 1.54) is 11.0 Å². The number of carbonyl (C=O) groups excluding carboxylic acids is 1. The van der Waals surface area contributed by atoms with Crippen LogP contribution in [0.1, 0.15) is 25.0 Å². The van der Waals surface area contributed by atoms with Crippen LogP contribution in [0.3, 0.4) is 0 Å². The molecular formula is C14H14F3IO3. The molecule has 1 rings (SSSR count). The topological polar surface area (TPSA) is 46.5 Å². The summed E-state index contributed by atoms with van der Waals surface area (Å²) < 4.78 is 43.7. The molecule has 1 aromatic rings. The highest BCUT2D eigenvalue weighted by molar-refractivity contribution is 14.1. The van der Waals surface area contributed by atoms with E-state index in [1.807, 2.05) is 0 Å². The average molecular weight is 414 g/mol. The van der Waals surface area contributed by atoms with Crippen molar-refractivity contribution in [3.05, 3.63) is 45.0 Å². The third kappa shape index (κ3) is 4.19. The molecule has 0 amide bonds. The maximum Gasteiger partial charge on any atom is 0.416 e. The van der Waals surface area contributed by atoms with Gasteiger partial charge in [-0.2, -0.15) is 13.2 Å². The monoisotopic (exact) mass is 414 g/mol. The van der Waals surface area contributed by atoms with E-state index in [0.717, 1.165) is 24.3 Å². The van der Waals surface area contributed by atoms with Gasteiger partial charge in [-0.1, -0.05) is 34.7 Å². The Kier molecular flexibility index (Phi) is 5.80. The zero-order valence-corrected chi connectivity index (χ0v) is 13.5. The predicted molar refractivity (Wildman–Crippen MR) is 79.8 cm³/mol. The van der Waals surface area contributed by atoms with Crippen LogP contribution >= 0.6 is 22.6 Å². The van der Waals surface area contributed by atoms with Crippen LogP contribution in [0.2, 0.25) is 0 Å². The van der Waals surface area contributed by atoms with Gasteiger partial charge < -0.3 is 9.84 Å². The van der Waals surface area contributed by atoms with Gasteiger partial charge in [-0.3, -0.25) is 0 Å². The smallest absolute Gasteiger partial charge is 0.416 e. The van der Waals surface area contributed by atoms with Gasteiger partial charge in [0.2, 0.25) is 0 Å². The van der Waals surface area contributed by atoms with E-state index in [2.05, 4.69) is 0 Å². The first kappa shape index (κ1) is 18.0. The molecule has 1 unspecified atom stereocenters. The van der Waals surface area contributed by atoms with E-state index < -0.39 is 23.3 Å². The highest BCUT2D eigenvalue weighted by atomic mass is 127. The summed E-state index contributed by atoms with van der Waals surface area (Å²) in [6.45, 7) is 3.09. The van der Waals surface area contributed by atoms with Crippen molar-refractivity contribution in [2.75, 3.05) is 6.61 Å². The quantitative estimate of drug-likeness (QED) is 0.464. The summed E-state index contributed by atoms with van der Waals surface area (Å²) in [6, 6.07) is 4.00. The molecule has 0 heterocycles. The second-order valence-electron chi connectivity index (χ2n) is 4.39. The van der Waals surface area contributed by atoms with Crippen LogP contribution in [0.15, 0.2) is 33.9 Å². The first-order valence-corrected chi connectivity index (χ1v) is 7.27. The summed E-state index contributed by atoms with van der Waals surface area (Å²) in [4.78, 5) is 11.8. The maximum atomic E-state index is 12.5. The molecule has 0 saturated heterocycles. The second-order valence-corrected chi connectivity index (χ2v) is 5.01. The molecule has 0 spiro atoms. The Balaban J connectivity index is 3.15. The molecule has 1 aromatic carbocycles. The Bertz CT molecular complexity index is 533. The fraction of sp³-hybridized carbons (Fsp3) is 0.357. The van der Waals surface area contributed by atoms with Crippen molar-refractivity contribution in [3.63, 3.8) is 0 Å². The van der Waals surface area contributed by atoms with Crippen molar-refractivity contribution in [2.45, 2.75) is 25.6 Å². The van der Waals surface area contributed by atoms with Gasteiger partial charge in [0.05, 0.1) is 17.7 Å². The molecule has 1 atom stereocenters. The van der Waals surface area contributed by atoms with Gasteiger partial charge in [-0.05, 0) is 35.6 Å². The summed E-state index contributed by atoms with van der Waals surface area (Å²) in [5.74, 6) is -0.711. The van der Waals surface area contributed by atoms with E-state index in [4.69, 9.17) is 4.74 Å². The Morgan fingerprint density at radius 3 is 2.14 bits per heavy atom. The molecule has 0 saturated carbocycles. The van der Waals surface area contributed by atoms with Gasteiger partial charge in [-0.25, -0.2) is 4.79 Å². The summed E-state index contributed by atoms with van der Waals surface area (Å²) in [6.07, 6.45) is -4.45. The van der Waals surface area contributed by atoms with E-state index in [-0.39, 0.29) is 17.7 Å². The minimum absolute atomic E-state index is 0.0373. The highest BCUT2D eigenvalue weighted by Crippen LogP contribution is 2.34. The van der Waals surface area contributed by atoms with E-state index in [1.54, 1.807) is 29.5 Å². The standard InChI is InChI=1S/C14H14F3IO3/c1-3-21-12(19)11(8-18)13(2,20)9-4-6-10(7-5-9)14(15,16)17/h4-8,20H,3H2,1-2H3. The average Bonchev–Trinajstić information content (AvgIpc) is 2.38. The van der Waals surface area contributed by atoms with Crippen LogP contribution in [-0.2, 0) is 21.3 Å². The van der Waals surface area contributed by atoms with Crippen molar-refractivity contribution in [1.82, 2.24) is 0 Å². The summed E-state index contributed by atoms with van der Waals surface area (Å²) >= 11 is 1.77. The predicted octanol–water partition coefficient (Wildman–Crippen LogP) is 3.79. The van der Waals surface area contributed by atoms with E-state index >= 15 is 0 Å². The summed E-state index contributed by atoms with van der Waals surface area (Å²) in [5.41, 5.74) is -2.42. The minimum atomic E-state index is -4.45. The number of carbonyl (C=O) groups is 1. The number of ether oxygens (including phenoxy) is 1. The third-order valence-electron chi connectivity index (χ3n) is 2.90. The highest BCUT2D eigenvalue weighted by Gasteiger charge is 2.35. The largest absolute Gasteiger partial charge is 0.463 e. The maximum absolute atomic E-state index is 12.5. The molecule has 116 valence electrons. The number of hydrogen-bond donors (Lipinski definition) is 1. The SMILES string of the molecule is CCOC(=O)C(=CI)C(C)(O)c1ccc(C(F)(F)F)cc1. The zero-order chi connectivity index (χ0) is 16.3. The molecule has 7 heteroatoms. The van der Waals surface area contributed by atoms with Crippen LogP contribution in [0.5, 0.6) is 0 Å². The van der Waals surface area contributed by atoms with Gasteiger partial charge in [-0.15, -0.1) is 0 Å².